The Balaban J connectivity index is 1.87. The van der Waals surface area contributed by atoms with Crippen molar-refractivity contribution in [3.8, 4) is 0 Å². The lowest BCUT2D eigenvalue weighted by Gasteiger charge is -2.43. The lowest BCUT2D eigenvalue weighted by atomic mass is 9.90. The van der Waals surface area contributed by atoms with Crippen LogP contribution in [0.2, 0.25) is 0 Å². The Morgan fingerprint density at radius 1 is 1.28 bits per heavy atom. The van der Waals surface area contributed by atoms with Gasteiger partial charge in [0.25, 0.3) is 0 Å². The van der Waals surface area contributed by atoms with Gasteiger partial charge in [-0.2, -0.15) is 0 Å². The summed E-state index contributed by atoms with van der Waals surface area (Å²) in [4.78, 5) is 2.61. The van der Waals surface area contributed by atoms with Gasteiger partial charge in [-0.15, -0.1) is 0 Å². The Morgan fingerprint density at radius 3 is 2.56 bits per heavy atom. The predicted molar refractivity (Wildman–Crippen MR) is 75.9 cm³/mol. The van der Waals surface area contributed by atoms with Crippen molar-refractivity contribution < 1.29 is 4.74 Å². The summed E-state index contributed by atoms with van der Waals surface area (Å²) in [5.74, 6) is 0. The number of hydrogen-bond donors (Lipinski definition) is 1. The monoisotopic (exact) mass is 254 g/mol. The third-order valence-electron chi connectivity index (χ3n) is 4.82. The molecule has 0 aliphatic carbocycles. The molecule has 2 aliphatic heterocycles. The SMILES string of the molecule is CCC1(CC)CN(CC2CCC(C)(C)O2)CCN1. The second kappa shape index (κ2) is 5.48. The molecule has 0 spiro atoms. The molecule has 3 nitrogen and oxygen atoms in total. The van der Waals surface area contributed by atoms with Gasteiger partial charge < -0.3 is 10.1 Å². The highest BCUT2D eigenvalue weighted by atomic mass is 16.5. The minimum atomic E-state index is 0.102. The summed E-state index contributed by atoms with van der Waals surface area (Å²) >= 11 is 0. The van der Waals surface area contributed by atoms with Gasteiger partial charge in [-0.3, -0.25) is 4.90 Å². The summed E-state index contributed by atoms with van der Waals surface area (Å²) in [6, 6.07) is 0. The van der Waals surface area contributed by atoms with Crippen molar-refractivity contribution in [2.75, 3.05) is 26.2 Å². The molecule has 3 heteroatoms. The number of rotatable bonds is 4. The van der Waals surface area contributed by atoms with Crippen LogP contribution in [-0.4, -0.2) is 48.3 Å². The van der Waals surface area contributed by atoms with Gasteiger partial charge >= 0.3 is 0 Å². The fraction of sp³-hybridized carbons (Fsp3) is 1.00. The average molecular weight is 254 g/mol. The number of ether oxygens (including phenoxy) is 1. The number of piperazine rings is 1. The average Bonchev–Trinajstić information content (AvgIpc) is 2.69. The highest BCUT2D eigenvalue weighted by molar-refractivity contribution is 4.94. The number of hydrogen-bond acceptors (Lipinski definition) is 3. The Bertz CT molecular complexity index is 274. The zero-order chi connectivity index (χ0) is 13.2. The summed E-state index contributed by atoms with van der Waals surface area (Å²) in [6.07, 6.45) is 5.32. The number of nitrogens with zero attached hydrogens (tertiary/aromatic N) is 1. The molecule has 2 heterocycles. The zero-order valence-electron chi connectivity index (χ0n) is 12.6. The van der Waals surface area contributed by atoms with Gasteiger partial charge in [0.2, 0.25) is 0 Å². The van der Waals surface area contributed by atoms with Gasteiger partial charge in [0.05, 0.1) is 11.7 Å². The quantitative estimate of drug-likeness (QED) is 0.834. The van der Waals surface area contributed by atoms with E-state index in [1.54, 1.807) is 0 Å². The van der Waals surface area contributed by atoms with Crippen LogP contribution >= 0.6 is 0 Å². The van der Waals surface area contributed by atoms with Crippen LogP contribution in [0.25, 0.3) is 0 Å². The van der Waals surface area contributed by atoms with Crippen LogP contribution in [0, 0.1) is 0 Å². The molecule has 2 rings (SSSR count). The van der Waals surface area contributed by atoms with Crippen LogP contribution in [0.5, 0.6) is 0 Å². The van der Waals surface area contributed by atoms with Crippen molar-refractivity contribution in [2.24, 2.45) is 0 Å². The van der Waals surface area contributed by atoms with Crippen molar-refractivity contribution in [2.45, 2.75) is 70.6 Å². The van der Waals surface area contributed by atoms with Gasteiger partial charge in [-0.1, -0.05) is 13.8 Å². The molecular weight excluding hydrogens is 224 g/mol. The van der Waals surface area contributed by atoms with E-state index in [2.05, 4.69) is 37.9 Å². The molecule has 2 fully saturated rings. The summed E-state index contributed by atoms with van der Waals surface area (Å²) in [6.45, 7) is 13.6. The zero-order valence-corrected chi connectivity index (χ0v) is 12.6. The first-order valence-corrected chi connectivity index (χ1v) is 7.64. The van der Waals surface area contributed by atoms with Gasteiger partial charge in [-0.25, -0.2) is 0 Å². The molecule has 0 amide bonds. The Morgan fingerprint density at radius 2 is 2.00 bits per heavy atom. The van der Waals surface area contributed by atoms with E-state index in [9.17, 15) is 0 Å². The molecule has 0 bridgehead atoms. The molecule has 2 aliphatic rings. The van der Waals surface area contributed by atoms with Crippen LogP contribution in [0.4, 0.5) is 0 Å². The summed E-state index contributed by atoms with van der Waals surface area (Å²) < 4.78 is 6.12. The second-order valence-corrected chi connectivity index (χ2v) is 6.69. The molecule has 0 aromatic heterocycles. The van der Waals surface area contributed by atoms with E-state index in [0.717, 1.165) is 13.1 Å². The summed E-state index contributed by atoms with van der Waals surface area (Å²) in [5.41, 5.74) is 0.442. The van der Waals surface area contributed by atoms with Crippen molar-refractivity contribution >= 4 is 0 Å². The minimum absolute atomic E-state index is 0.102. The maximum atomic E-state index is 6.12. The molecule has 1 unspecified atom stereocenters. The van der Waals surface area contributed by atoms with Gasteiger partial charge in [-0.05, 0) is 39.5 Å². The minimum Gasteiger partial charge on any atom is -0.371 e. The highest BCUT2D eigenvalue weighted by Crippen LogP contribution is 2.30. The van der Waals surface area contributed by atoms with E-state index in [0.29, 0.717) is 11.6 Å². The molecule has 1 atom stereocenters. The Labute approximate surface area is 112 Å². The van der Waals surface area contributed by atoms with E-state index in [1.165, 1.54) is 38.8 Å². The lowest BCUT2D eigenvalue weighted by molar-refractivity contribution is -0.0351. The van der Waals surface area contributed by atoms with Crippen molar-refractivity contribution in [3.63, 3.8) is 0 Å². The third kappa shape index (κ3) is 3.25. The first-order valence-electron chi connectivity index (χ1n) is 7.64. The van der Waals surface area contributed by atoms with Crippen molar-refractivity contribution in [1.29, 1.82) is 0 Å². The molecule has 0 aromatic carbocycles. The van der Waals surface area contributed by atoms with Gasteiger partial charge in [0.1, 0.15) is 0 Å². The Hall–Kier alpha value is -0.120. The van der Waals surface area contributed by atoms with E-state index in [4.69, 9.17) is 4.74 Å². The number of nitrogens with one attached hydrogen (secondary N) is 1. The summed E-state index contributed by atoms with van der Waals surface area (Å²) in [7, 11) is 0. The molecule has 1 N–H and O–H groups in total. The van der Waals surface area contributed by atoms with Gasteiger partial charge in [0.15, 0.2) is 0 Å². The molecule has 0 aromatic rings. The molecular formula is C15H30N2O. The molecule has 0 saturated carbocycles. The topological polar surface area (TPSA) is 24.5 Å². The Kier molecular flexibility index (Phi) is 4.35. The normalized spacial score (nSPS) is 31.7. The van der Waals surface area contributed by atoms with Crippen LogP contribution in [-0.2, 0) is 4.74 Å². The van der Waals surface area contributed by atoms with E-state index >= 15 is 0 Å². The third-order valence-corrected chi connectivity index (χ3v) is 4.82. The molecule has 0 radical (unpaired) electrons. The fourth-order valence-corrected chi connectivity index (χ4v) is 3.42. The van der Waals surface area contributed by atoms with Crippen molar-refractivity contribution in [1.82, 2.24) is 10.2 Å². The first-order chi connectivity index (χ1) is 8.49. The van der Waals surface area contributed by atoms with Crippen LogP contribution in [0.1, 0.15) is 53.4 Å². The van der Waals surface area contributed by atoms with Crippen LogP contribution in [0.15, 0.2) is 0 Å². The molecule has 2 saturated heterocycles. The maximum Gasteiger partial charge on any atom is 0.0710 e. The maximum absolute atomic E-state index is 6.12. The fourth-order valence-electron chi connectivity index (χ4n) is 3.42. The van der Waals surface area contributed by atoms with Crippen LogP contribution < -0.4 is 5.32 Å². The van der Waals surface area contributed by atoms with Gasteiger partial charge in [0, 0.05) is 31.7 Å². The highest BCUT2D eigenvalue weighted by Gasteiger charge is 2.36. The standard InChI is InChI=1S/C15H30N2O/c1-5-15(6-2)12-17(10-9-16-15)11-13-7-8-14(3,4)18-13/h13,16H,5-12H2,1-4H3. The first kappa shape index (κ1) is 14.3. The summed E-state index contributed by atoms with van der Waals surface area (Å²) in [5, 5.41) is 3.72. The lowest BCUT2D eigenvalue weighted by Crippen LogP contribution is -2.60. The largest absolute Gasteiger partial charge is 0.371 e. The predicted octanol–water partition coefficient (Wildman–Crippen LogP) is 2.41. The van der Waals surface area contributed by atoms with E-state index in [-0.39, 0.29) is 5.60 Å². The molecule has 106 valence electrons. The smallest absolute Gasteiger partial charge is 0.0710 e. The molecule has 18 heavy (non-hydrogen) atoms. The van der Waals surface area contributed by atoms with Crippen molar-refractivity contribution in [3.05, 3.63) is 0 Å². The van der Waals surface area contributed by atoms with E-state index < -0.39 is 0 Å². The van der Waals surface area contributed by atoms with Crippen LogP contribution in [0.3, 0.4) is 0 Å². The van der Waals surface area contributed by atoms with E-state index in [1.807, 2.05) is 0 Å². The second-order valence-electron chi connectivity index (χ2n) is 6.69.